The number of amides is 1. The molecule has 3 aromatic rings. The van der Waals surface area contributed by atoms with E-state index in [1.807, 2.05) is 47.4 Å². The van der Waals surface area contributed by atoms with Crippen LogP contribution < -0.4 is 0 Å². The molecule has 0 radical (unpaired) electrons. The highest BCUT2D eigenvalue weighted by Gasteiger charge is 2.22. The molecule has 4 rings (SSSR count). The van der Waals surface area contributed by atoms with Gasteiger partial charge in [0.1, 0.15) is 0 Å². The first-order valence-corrected chi connectivity index (χ1v) is 8.81. The topological polar surface area (TPSA) is 36.1 Å². The van der Waals surface area contributed by atoms with E-state index < -0.39 is 0 Å². The molecule has 120 valence electrons. The minimum atomic E-state index is 0.0571. The first-order valence-electron chi connectivity index (χ1n) is 8.02. The Morgan fingerprint density at radius 3 is 2.79 bits per heavy atom. The smallest absolute Gasteiger partial charge is 0.246 e. The highest BCUT2D eigenvalue weighted by Crippen LogP contribution is 2.27. The molecule has 2 aromatic carbocycles. The van der Waals surface area contributed by atoms with Crippen molar-refractivity contribution in [1.29, 1.82) is 0 Å². The van der Waals surface area contributed by atoms with Gasteiger partial charge in [-0.2, -0.15) is 0 Å². The zero-order chi connectivity index (χ0) is 16.5. The molecule has 0 spiro atoms. The van der Waals surface area contributed by atoms with Crippen LogP contribution in [0.4, 0.5) is 0 Å². The van der Waals surface area contributed by atoms with E-state index in [9.17, 15) is 4.79 Å². The van der Waals surface area contributed by atoms with Crippen molar-refractivity contribution in [2.45, 2.75) is 13.0 Å². The van der Waals surface area contributed by atoms with E-state index in [1.54, 1.807) is 6.08 Å². The van der Waals surface area contributed by atoms with Crippen molar-refractivity contribution in [3.05, 3.63) is 75.9 Å². The van der Waals surface area contributed by atoms with Crippen LogP contribution in [-0.4, -0.2) is 22.3 Å². The first-order chi connectivity index (χ1) is 11.7. The number of fused-ring (bicyclic) bond motifs is 3. The van der Waals surface area contributed by atoms with E-state index in [-0.39, 0.29) is 5.91 Å². The Balaban J connectivity index is 1.56. The second-order valence-electron chi connectivity index (χ2n) is 5.99. The molecule has 0 atom stereocenters. The zero-order valence-electron chi connectivity index (χ0n) is 13.1. The third-order valence-electron chi connectivity index (χ3n) is 4.51. The van der Waals surface area contributed by atoms with Gasteiger partial charge in [0.2, 0.25) is 5.91 Å². The van der Waals surface area contributed by atoms with E-state index in [0.717, 1.165) is 28.5 Å². The van der Waals surface area contributed by atoms with Crippen LogP contribution in [0.3, 0.4) is 0 Å². The number of nitrogens with zero attached hydrogens (tertiary/aromatic N) is 1. The van der Waals surface area contributed by atoms with E-state index in [0.29, 0.717) is 6.54 Å². The number of H-pyrrole nitrogens is 1. The van der Waals surface area contributed by atoms with Gasteiger partial charge in [0, 0.05) is 52.2 Å². The second kappa shape index (κ2) is 6.29. The average Bonchev–Trinajstić information content (AvgIpc) is 2.98. The predicted molar refractivity (Wildman–Crippen MR) is 101 cm³/mol. The van der Waals surface area contributed by atoms with Crippen molar-refractivity contribution in [2.24, 2.45) is 0 Å². The number of hydrogen-bond donors (Lipinski definition) is 1. The van der Waals surface area contributed by atoms with Gasteiger partial charge in [0.15, 0.2) is 0 Å². The Morgan fingerprint density at radius 1 is 1.12 bits per heavy atom. The number of halogens is 1. The number of carbonyl (C=O) groups excluding carboxylic acids is 1. The molecule has 0 aliphatic carbocycles. The van der Waals surface area contributed by atoms with Crippen LogP contribution in [0, 0.1) is 0 Å². The van der Waals surface area contributed by atoms with Gasteiger partial charge in [-0.3, -0.25) is 4.79 Å². The molecule has 1 amide bonds. The van der Waals surface area contributed by atoms with Gasteiger partial charge in [-0.25, -0.2) is 0 Å². The Kier molecular flexibility index (Phi) is 3.98. The maximum atomic E-state index is 12.6. The van der Waals surface area contributed by atoms with Crippen LogP contribution in [0.15, 0.2) is 59.1 Å². The molecular formula is C20H17BrN2O. The lowest BCUT2D eigenvalue weighted by Gasteiger charge is -2.26. The van der Waals surface area contributed by atoms with Crippen LogP contribution in [0.1, 0.15) is 16.8 Å². The molecule has 0 fully saturated rings. The van der Waals surface area contributed by atoms with Gasteiger partial charge in [-0.05, 0) is 23.8 Å². The summed E-state index contributed by atoms with van der Waals surface area (Å²) in [7, 11) is 0. The molecular weight excluding hydrogens is 364 g/mol. The molecule has 1 aromatic heterocycles. The predicted octanol–water partition coefficient (Wildman–Crippen LogP) is 4.53. The van der Waals surface area contributed by atoms with Gasteiger partial charge >= 0.3 is 0 Å². The molecule has 0 unspecified atom stereocenters. The highest BCUT2D eigenvalue weighted by molar-refractivity contribution is 9.10. The summed E-state index contributed by atoms with van der Waals surface area (Å²) in [5.74, 6) is 0.0571. The quantitative estimate of drug-likeness (QED) is 0.651. The Morgan fingerprint density at radius 2 is 1.92 bits per heavy atom. The van der Waals surface area contributed by atoms with Crippen LogP contribution in [0.5, 0.6) is 0 Å². The lowest BCUT2D eigenvalue weighted by Crippen LogP contribution is -2.34. The normalized spacial score (nSPS) is 14.3. The summed E-state index contributed by atoms with van der Waals surface area (Å²) in [5.41, 5.74) is 4.67. The lowest BCUT2D eigenvalue weighted by molar-refractivity contribution is -0.126. The summed E-state index contributed by atoms with van der Waals surface area (Å²) in [4.78, 5) is 18.0. The molecule has 1 N–H and O–H groups in total. The summed E-state index contributed by atoms with van der Waals surface area (Å²) in [6.45, 7) is 1.41. The van der Waals surface area contributed by atoms with E-state index >= 15 is 0 Å². The first kappa shape index (κ1) is 15.2. The number of aromatic nitrogens is 1. The Bertz CT molecular complexity index is 942. The molecule has 1 aliphatic rings. The number of carbonyl (C=O) groups is 1. The second-order valence-corrected chi connectivity index (χ2v) is 6.85. The van der Waals surface area contributed by atoms with Crippen LogP contribution >= 0.6 is 15.9 Å². The Hall–Kier alpha value is -2.33. The van der Waals surface area contributed by atoms with Crippen molar-refractivity contribution < 1.29 is 4.79 Å². The monoisotopic (exact) mass is 380 g/mol. The van der Waals surface area contributed by atoms with Crippen molar-refractivity contribution in [3.63, 3.8) is 0 Å². The van der Waals surface area contributed by atoms with Crippen molar-refractivity contribution in [2.75, 3.05) is 6.54 Å². The largest absolute Gasteiger partial charge is 0.358 e. The molecule has 24 heavy (non-hydrogen) atoms. The van der Waals surface area contributed by atoms with Crippen molar-refractivity contribution in [3.8, 4) is 0 Å². The minimum absolute atomic E-state index is 0.0571. The zero-order valence-corrected chi connectivity index (χ0v) is 14.7. The number of aromatic amines is 1. The fraction of sp³-hybridized carbons (Fsp3) is 0.150. The van der Waals surface area contributed by atoms with Gasteiger partial charge in [0.25, 0.3) is 0 Å². The van der Waals surface area contributed by atoms with E-state index in [2.05, 4.69) is 33.0 Å². The Labute approximate surface area is 149 Å². The fourth-order valence-electron chi connectivity index (χ4n) is 3.23. The maximum absolute atomic E-state index is 12.6. The van der Waals surface area contributed by atoms with Crippen molar-refractivity contribution in [1.82, 2.24) is 9.88 Å². The standard InChI is InChI=1S/C20H17BrN2O/c21-17-7-3-1-5-14(17)9-10-20(24)23-12-11-19-16(13-23)15-6-2-4-8-18(15)22-19/h1-10,22H,11-13H2/b10-9+. The van der Waals surface area contributed by atoms with Crippen LogP contribution in [-0.2, 0) is 17.8 Å². The molecule has 0 bridgehead atoms. The fourth-order valence-corrected chi connectivity index (χ4v) is 3.65. The molecule has 0 saturated carbocycles. The number of benzene rings is 2. The van der Waals surface area contributed by atoms with Crippen LogP contribution in [0.2, 0.25) is 0 Å². The van der Waals surface area contributed by atoms with Crippen LogP contribution in [0.25, 0.3) is 17.0 Å². The highest BCUT2D eigenvalue weighted by atomic mass is 79.9. The average molecular weight is 381 g/mol. The summed E-state index contributed by atoms with van der Waals surface area (Å²) in [6, 6.07) is 16.2. The molecule has 1 aliphatic heterocycles. The lowest BCUT2D eigenvalue weighted by atomic mass is 10.0. The van der Waals surface area contributed by atoms with E-state index in [1.165, 1.54) is 16.6 Å². The minimum Gasteiger partial charge on any atom is -0.358 e. The van der Waals surface area contributed by atoms with Gasteiger partial charge in [-0.1, -0.05) is 52.3 Å². The molecule has 2 heterocycles. The third-order valence-corrected chi connectivity index (χ3v) is 5.23. The summed E-state index contributed by atoms with van der Waals surface area (Å²) in [5, 5.41) is 1.22. The number of rotatable bonds is 2. The summed E-state index contributed by atoms with van der Waals surface area (Å²) < 4.78 is 0.992. The summed E-state index contributed by atoms with van der Waals surface area (Å²) >= 11 is 3.51. The SMILES string of the molecule is O=C(/C=C/c1ccccc1Br)N1CCc2[nH]c3ccccc3c2C1. The molecule has 4 heteroatoms. The van der Waals surface area contributed by atoms with Gasteiger partial charge < -0.3 is 9.88 Å². The van der Waals surface area contributed by atoms with Gasteiger partial charge in [0.05, 0.1) is 0 Å². The van der Waals surface area contributed by atoms with Crippen molar-refractivity contribution >= 4 is 38.8 Å². The third kappa shape index (κ3) is 2.78. The number of nitrogens with one attached hydrogen (secondary N) is 1. The van der Waals surface area contributed by atoms with Gasteiger partial charge in [-0.15, -0.1) is 0 Å². The molecule has 3 nitrogen and oxygen atoms in total. The summed E-state index contributed by atoms with van der Waals surface area (Å²) in [6.07, 6.45) is 4.41. The molecule has 0 saturated heterocycles. The number of hydrogen-bond acceptors (Lipinski definition) is 1. The number of para-hydroxylation sites is 1. The maximum Gasteiger partial charge on any atom is 0.246 e. The van der Waals surface area contributed by atoms with E-state index in [4.69, 9.17) is 0 Å².